The lowest BCUT2D eigenvalue weighted by atomic mass is 10.1. The number of benzene rings is 2. The van der Waals surface area contributed by atoms with E-state index in [1.165, 1.54) is 34.0 Å². The summed E-state index contributed by atoms with van der Waals surface area (Å²) in [6.45, 7) is 13.6. The van der Waals surface area contributed by atoms with E-state index in [0.717, 1.165) is 0 Å². The Morgan fingerprint density at radius 3 is 1.95 bits per heavy atom. The van der Waals surface area contributed by atoms with E-state index in [1.807, 2.05) is 0 Å². The molecule has 106 valence electrons. The van der Waals surface area contributed by atoms with Crippen molar-refractivity contribution in [3.63, 3.8) is 0 Å². The molecule has 1 heteroatoms. The van der Waals surface area contributed by atoms with Crippen LogP contribution in [0.1, 0.15) is 34.7 Å². The molecule has 0 aliphatic heterocycles. The topological polar surface area (TPSA) is 0 Å². The summed E-state index contributed by atoms with van der Waals surface area (Å²) < 4.78 is 0. The molecule has 0 fully saturated rings. The van der Waals surface area contributed by atoms with Crippen molar-refractivity contribution in [1.29, 1.82) is 0 Å². The molecule has 20 heavy (non-hydrogen) atoms. The molecule has 1 unspecified atom stereocenters. The monoisotopic (exact) mass is 284 g/mol. The summed E-state index contributed by atoms with van der Waals surface area (Å²) in [7, 11) is -0.235. The Morgan fingerprint density at radius 1 is 0.700 bits per heavy atom. The van der Waals surface area contributed by atoms with Gasteiger partial charge in [0.2, 0.25) is 0 Å². The smallest absolute Gasteiger partial charge is 0.0163 e. The third-order valence-electron chi connectivity index (χ3n) is 4.50. The van der Waals surface area contributed by atoms with Gasteiger partial charge in [0.1, 0.15) is 0 Å². The van der Waals surface area contributed by atoms with Gasteiger partial charge in [-0.3, -0.25) is 0 Å². The van der Waals surface area contributed by atoms with Crippen molar-refractivity contribution in [2.24, 2.45) is 0 Å². The molecule has 0 aromatic heterocycles. The molecule has 1 atom stereocenters. The average molecular weight is 284 g/mol. The average Bonchev–Trinajstić information content (AvgIpc) is 2.44. The first-order valence-electron chi connectivity index (χ1n) is 7.38. The fourth-order valence-electron chi connectivity index (χ4n) is 2.73. The first-order chi connectivity index (χ1) is 9.47. The molecule has 2 aromatic carbocycles. The van der Waals surface area contributed by atoms with Crippen LogP contribution < -0.4 is 10.6 Å². The van der Waals surface area contributed by atoms with Crippen molar-refractivity contribution in [3.05, 3.63) is 58.1 Å². The van der Waals surface area contributed by atoms with Gasteiger partial charge in [-0.1, -0.05) is 37.3 Å². The minimum Gasteiger partial charge on any atom is -0.0613 e. The second kappa shape index (κ2) is 6.10. The number of hydrogen-bond acceptors (Lipinski definition) is 0. The molecule has 0 nitrogen and oxygen atoms in total. The summed E-state index contributed by atoms with van der Waals surface area (Å²) >= 11 is 0. The molecule has 0 amide bonds. The van der Waals surface area contributed by atoms with Gasteiger partial charge in [-0.15, -0.1) is 0 Å². The zero-order valence-corrected chi connectivity index (χ0v) is 14.4. The molecular formula is C19H25P. The lowest BCUT2D eigenvalue weighted by Crippen LogP contribution is -2.19. The van der Waals surface area contributed by atoms with Crippen molar-refractivity contribution >= 4 is 18.5 Å². The molecule has 0 saturated carbocycles. The Bertz CT molecular complexity index is 626. The van der Waals surface area contributed by atoms with Crippen LogP contribution in [-0.2, 0) is 0 Å². The van der Waals surface area contributed by atoms with Gasteiger partial charge < -0.3 is 0 Å². The summed E-state index contributed by atoms with van der Waals surface area (Å²) in [5.41, 5.74) is 7.22. The minimum absolute atomic E-state index is 0.235. The van der Waals surface area contributed by atoms with Crippen LogP contribution >= 0.6 is 7.92 Å². The van der Waals surface area contributed by atoms with Gasteiger partial charge in [0.05, 0.1) is 0 Å². The second-order valence-corrected chi connectivity index (χ2v) is 8.07. The minimum atomic E-state index is -0.235. The Hall–Kier alpha value is -1.13. The van der Waals surface area contributed by atoms with Gasteiger partial charge >= 0.3 is 0 Å². The van der Waals surface area contributed by atoms with Crippen LogP contribution in [0.4, 0.5) is 0 Å². The number of hydrogen-bond donors (Lipinski definition) is 0. The molecule has 0 heterocycles. The Kier molecular flexibility index (Phi) is 4.66. The van der Waals surface area contributed by atoms with Crippen LogP contribution in [0.2, 0.25) is 0 Å². The lowest BCUT2D eigenvalue weighted by Gasteiger charge is -2.23. The van der Waals surface area contributed by atoms with Crippen LogP contribution in [0.25, 0.3) is 0 Å². The van der Waals surface area contributed by atoms with Crippen LogP contribution in [0.15, 0.2) is 30.3 Å². The van der Waals surface area contributed by atoms with E-state index in [9.17, 15) is 0 Å². The largest absolute Gasteiger partial charge is 0.0613 e. The Morgan fingerprint density at radius 2 is 1.30 bits per heavy atom. The fourth-order valence-corrected chi connectivity index (χ4v) is 5.35. The predicted molar refractivity (Wildman–Crippen MR) is 93.3 cm³/mol. The molecule has 0 bridgehead atoms. The summed E-state index contributed by atoms with van der Waals surface area (Å²) in [5.74, 6) is 0. The van der Waals surface area contributed by atoms with Gasteiger partial charge in [-0.05, 0) is 87.1 Å². The van der Waals surface area contributed by atoms with E-state index in [2.05, 4.69) is 71.9 Å². The van der Waals surface area contributed by atoms with E-state index in [-0.39, 0.29) is 7.92 Å². The molecule has 2 rings (SSSR count). The van der Waals surface area contributed by atoms with Crippen molar-refractivity contribution in [2.45, 2.75) is 41.5 Å². The van der Waals surface area contributed by atoms with Gasteiger partial charge in [-0.25, -0.2) is 0 Å². The molecule has 0 aliphatic carbocycles. The summed E-state index contributed by atoms with van der Waals surface area (Å²) in [6, 6.07) is 11.4. The SMILES string of the molecule is CCP(c1cccc(C)c1C)c1ccc(C)c(C)c1C. The summed E-state index contributed by atoms with van der Waals surface area (Å²) in [4.78, 5) is 0. The van der Waals surface area contributed by atoms with E-state index >= 15 is 0 Å². The fraction of sp³-hybridized carbons (Fsp3) is 0.368. The molecular weight excluding hydrogens is 259 g/mol. The van der Waals surface area contributed by atoms with Gasteiger partial charge in [0, 0.05) is 0 Å². The van der Waals surface area contributed by atoms with Crippen LogP contribution in [0.3, 0.4) is 0 Å². The molecule has 0 radical (unpaired) electrons. The van der Waals surface area contributed by atoms with Crippen molar-refractivity contribution < 1.29 is 0 Å². The zero-order chi connectivity index (χ0) is 14.9. The summed E-state index contributed by atoms with van der Waals surface area (Å²) in [6.07, 6.45) is 1.21. The third kappa shape index (κ3) is 2.67. The van der Waals surface area contributed by atoms with Crippen molar-refractivity contribution in [1.82, 2.24) is 0 Å². The lowest BCUT2D eigenvalue weighted by molar-refractivity contribution is 1.28. The second-order valence-electron chi connectivity index (χ2n) is 5.61. The standard InChI is InChI=1S/C19H25P/c1-7-20(18-10-8-9-13(2)16(18)5)19-12-11-14(3)15(4)17(19)6/h8-12H,7H2,1-6H3. The first-order valence-corrected chi connectivity index (χ1v) is 8.90. The maximum atomic E-state index is 2.36. The highest BCUT2D eigenvalue weighted by Crippen LogP contribution is 2.36. The van der Waals surface area contributed by atoms with Gasteiger partial charge in [0.15, 0.2) is 0 Å². The Labute approximate surface area is 125 Å². The molecule has 0 aliphatic rings. The van der Waals surface area contributed by atoms with E-state index in [0.29, 0.717) is 0 Å². The van der Waals surface area contributed by atoms with E-state index in [4.69, 9.17) is 0 Å². The van der Waals surface area contributed by atoms with Crippen molar-refractivity contribution in [3.8, 4) is 0 Å². The highest BCUT2D eigenvalue weighted by atomic mass is 31.1. The molecule has 0 N–H and O–H groups in total. The van der Waals surface area contributed by atoms with Gasteiger partial charge in [0.25, 0.3) is 0 Å². The number of rotatable bonds is 3. The quantitative estimate of drug-likeness (QED) is 0.718. The van der Waals surface area contributed by atoms with Crippen LogP contribution in [0.5, 0.6) is 0 Å². The highest BCUT2D eigenvalue weighted by molar-refractivity contribution is 7.73. The predicted octanol–water partition coefficient (Wildman–Crippen LogP) is 4.68. The highest BCUT2D eigenvalue weighted by Gasteiger charge is 2.17. The van der Waals surface area contributed by atoms with Crippen molar-refractivity contribution in [2.75, 3.05) is 6.16 Å². The van der Waals surface area contributed by atoms with Crippen LogP contribution in [-0.4, -0.2) is 6.16 Å². The van der Waals surface area contributed by atoms with Gasteiger partial charge in [-0.2, -0.15) is 0 Å². The maximum Gasteiger partial charge on any atom is -0.0163 e. The Balaban J connectivity index is 2.59. The summed E-state index contributed by atoms with van der Waals surface area (Å²) in [5, 5.41) is 3.10. The van der Waals surface area contributed by atoms with E-state index in [1.54, 1.807) is 10.6 Å². The molecule has 2 aromatic rings. The normalized spacial score (nSPS) is 12.5. The first kappa shape index (κ1) is 15.3. The molecule has 0 saturated heterocycles. The van der Waals surface area contributed by atoms with Crippen LogP contribution in [0, 0.1) is 34.6 Å². The maximum absolute atomic E-state index is 2.36. The zero-order valence-electron chi connectivity index (χ0n) is 13.5. The van der Waals surface area contributed by atoms with E-state index < -0.39 is 0 Å². The third-order valence-corrected chi connectivity index (χ3v) is 7.27. The number of aryl methyl sites for hydroxylation is 2. The molecule has 0 spiro atoms.